The van der Waals surface area contributed by atoms with Crippen LogP contribution in [0.25, 0.3) is 17.0 Å². The van der Waals surface area contributed by atoms with Gasteiger partial charge in [0.05, 0.1) is 0 Å². The van der Waals surface area contributed by atoms with Crippen molar-refractivity contribution in [1.29, 1.82) is 0 Å². The van der Waals surface area contributed by atoms with E-state index in [1.54, 1.807) is 0 Å². The summed E-state index contributed by atoms with van der Waals surface area (Å²) in [6.45, 7) is 5.09. The first-order chi connectivity index (χ1) is 8.78. The van der Waals surface area contributed by atoms with Crippen LogP contribution in [0.1, 0.15) is 24.0 Å². The SMILES string of the molecule is C=Cc1ccc2[nH]cc(C[C@H]3CCCN3C)c2c1. The molecule has 0 aliphatic carbocycles. The molecule has 0 amide bonds. The van der Waals surface area contributed by atoms with Crippen LogP contribution in [0.4, 0.5) is 0 Å². The van der Waals surface area contributed by atoms with Gasteiger partial charge >= 0.3 is 0 Å². The third-order valence-corrected chi connectivity index (χ3v) is 4.15. The minimum Gasteiger partial charge on any atom is -0.361 e. The molecular formula is C16H20N2. The maximum atomic E-state index is 3.85. The molecule has 1 atom stereocenters. The third-order valence-electron chi connectivity index (χ3n) is 4.15. The van der Waals surface area contributed by atoms with E-state index in [-0.39, 0.29) is 0 Å². The lowest BCUT2D eigenvalue weighted by atomic mass is 10.0. The number of nitrogens with zero attached hydrogens (tertiary/aromatic N) is 1. The van der Waals surface area contributed by atoms with Gasteiger partial charge in [-0.2, -0.15) is 0 Å². The molecule has 0 bridgehead atoms. The van der Waals surface area contributed by atoms with Gasteiger partial charge in [-0.05, 0) is 56.1 Å². The number of nitrogens with one attached hydrogen (secondary N) is 1. The van der Waals surface area contributed by atoms with Crippen LogP contribution in [0.15, 0.2) is 31.0 Å². The fraction of sp³-hybridized carbons (Fsp3) is 0.375. The van der Waals surface area contributed by atoms with Crippen molar-refractivity contribution >= 4 is 17.0 Å². The normalized spacial score (nSPS) is 20.6. The fourth-order valence-corrected chi connectivity index (χ4v) is 2.98. The van der Waals surface area contributed by atoms with Gasteiger partial charge in [0.15, 0.2) is 0 Å². The molecule has 1 N–H and O–H groups in total. The topological polar surface area (TPSA) is 19.0 Å². The molecule has 1 aromatic heterocycles. The van der Waals surface area contributed by atoms with E-state index in [1.807, 2.05) is 6.08 Å². The van der Waals surface area contributed by atoms with Gasteiger partial charge in [-0.1, -0.05) is 18.7 Å². The Balaban J connectivity index is 1.93. The second kappa shape index (κ2) is 4.62. The van der Waals surface area contributed by atoms with Crippen molar-refractivity contribution in [3.8, 4) is 0 Å². The van der Waals surface area contributed by atoms with E-state index in [1.165, 1.54) is 41.4 Å². The van der Waals surface area contributed by atoms with E-state index < -0.39 is 0 Å². The molecule has 1 aliphatic rings. The minimum atomic E-state index is 0.705. The van der Waals surface area contributed by atoms with Gasteiger partial charge < -0.3 is 9.88 Å². The van der Waals surface area contributed by atoms with E-state index in [2.05, 4.69) is 47.9 Å². The number of benzene rings is 1. The van der Waals surface area contributed by atoms with Gasteiger partial charge in [0, 0.05) is 23.1 Å². The number of rotatable bonds is 3. The highest BCUT2D eigenvalue weighted by atomic mass is 15.1. The average Bonchev–Trinajstić information content (AvgIpc) is 2.97. The quantitative estimate of drug-likeness (QED) is 0.870. The molecule has 2 heterocycles. The van der Waals surface area contributed by atoms with Crippen molar-refractivity contribution in [3.05, 3.63) is 42.1 Å². The summed E-state index contributed by atoms with van der Waals surface area (Å²) in [5.74, 6) is 0. The van der Waals surface area contributed by atoms with Crippen LogP contribution in [0.5, 0.6) is 0 Å². The van der Waals surface area contributed by atoms with Crippen molar-refractivity contribution in [2.24, 2.45) is 0 Å². The van der Waals surface area contributed by atoms with E-state index in [0.29, 0.717) is 6.04 Å². The first-order valence-electron chi connectivity index (χ1n) is 6.70. The molecule has 1 fully saturated rings. The highest BCUT2D eigenvalue weighted by Crippen LogP contribution is 2.25. The van der Waals surface area contributed by atoms with Crippen LogP contribution in [0, 0.1) is 0 Å². The van der Waals surface area contributed by atoms with Gasteiger partial charge in [-0.15, -0.1) is 0 Å². The lowest BCUT2D eigenvalue weighted by Gasteiger charge is -2.18. The van der Waals surface area contributed by atoms with Crippen LogP contribution in [0.3, 0.4) is 0 Å². The number of aromatic nitrogens is 1. The van der Waals surface area contributed by atoms with E-state index in [4.69, 9.17) is 0 Å². The summed E-state index contributed by atoms with van der Waals surface area (Å²) in [4.78, 5) is 5.86. The molecule has 94 valence electrons. The molecule has 0 radical (unpaired) electrons. The first-order valence-corrected chi connectivity index (χ1v) is 6.70. The lowest BCUT2D eigenvalue weighted by Crippen LogP contribution is -2.26. The molecule has 2 aromatic rings. The fourth-order valence-electron chi connectivity index (χ4n) is 2.98. The molecule has 1 aromatic carbocycles. The van der Waals surface area contributed by atoms with Crippen LogP contribution in [-0.4, -0.2) is 29.5 Å². The second-order valence-electron chi connectivity index (χ2n) is 5.30. The summed E-state index contributed by atoms with van der Waals surface area (Å²) in [6, 6.07) is 7.20. The predicted molar refractivity (Wildman–Crippen MR) is 77.7 cm³/mol. The monoisotopic (exact) mass is 240 g/mol. The van der Waals surface area contributed by atoms with Crippen molar-refractivity contribution < 1.29 is 0 Å². The van der Waals surface area contributed by atoms with Crippen molar-refractivity contribution in [1.82, 2.24) is 9.88 Å². The highest BCUT2D eigenvalue weighted by molar-refractivity contribution is 5.85. The number of aromatic amines is 1. The second-order valence-corrected chi connectivity index (χ2v) is 5.30. The Labute approximate surface area is 108 Å². The number of likely N-dealkylation sites (N-methyl/N-ethyl adjacent to an activating group) is 1. The maximum absolute atomic E-state index is 3.85. The molecule has 1 saturated heterocycles. The Morgan fingerprint density at radius 2 is 2.39 bits per heavy atom. The maximum Gasteiger partial charge on any atom is 0.0457 e. The zero-order valence-corrected chi connectivity index (χ0v) is 10.9. The van der Waals surface area contributed by atoms with E-state index in [9.17, 15) is 0 Å². The Hall–Kier alpha value is -1.54. The Kier molecular flexibility index (Phi) is 2.96. The molecule has 2 heteroatoms. The molecule has 2 nitrogen and oxygen atoms in total. The number of H-pyrrole nitrogens is 1. The summed E-state index contributed by atoms with van der Waals surface area (Å²) < 4.78 is 0. The largest absolute Gasteiger partial charge is 0.361 e. The zero-order chi connectivity index (χ0) is 12.5. The zero-order valence-electron chi connectivity index (χ0n) is 10.9. The van der Waals surface area contributed by atoms with Crippen LogP contribution in [-0.2, 0) is 6.42 Å². The Bertz CT molecular complexity index is 567. The third kappa shape index (κ3) is 1.97. The van der Waals surface area contributed by atoms with Crippen molar-refractivity contribution in [2.75, 3.05) is 13.6 Å². The van der Waals surface area contributed by atoms with Crippen molar-refractivity contribution in [3.63, 3.8) is 0 Å². The summed E-state index contributed by atoms with van der Waals surface area (Å²) in [7, 11) is 2.24. The predicted octanol–water partition coefficient (Wildman–Crippen LogP) is 3.45. The van der Waals surface area contributed by atoms with Crippen LogP contribution >= 0.6 is 0 Å². The molecule has 0 saturated carbocycles. The summed E-state index contributed by atoms with van der Waals surface area (Å²) in [5.41, 5.74) is 3.87. The number of hydrogen-bond acceptors (Lipinski definition) is 1. The Morgan fingerprint density at radius 1 is 1.50 bits per heavy atom. The standard InChI is InChI=1S/C16H20N2/c1-3-12-6-7-16-15(9-12)13(11-17-16)10-14-5-4-8-18(14)2/h3,6-7,9,11,14,17H,1,4-5,8,10H2,2H3/t14-/m1/s1. The first kappa shape index (κ1) is 11.5. The van der Waals surface area contributed by atoms with Crippen LogP contribution in [0.2, 0.25) is 0 Å². The van der Waals surface area contributed by atoms with Gasteiger partial charge in [-0.25, -0.2) is 0 Å². The molecular weight excluding hydrogens is 220 g/mol. The highest BCUT2D eigenvalue weighted by Gasteiger charge is 2.21. The summed E-state index contributed by atoms with van der Waals surface area (Å²) >= 11 is 0. The summed E-state index contributed by atoms with van der Waals surface area (Å²) in [5, 5.41) is 1.35. The van der Waals surface area contributed by atoms with Gasteiger partial charge in [-0.3, -0.25) is 0 Å². The van der Waals surface area contributed by atoms with Gasteiger partial charge in [0.2, 0.25) is 0 Å². The molecule has 18 heavy (non-hydrogen) atoms. The number of fused-ring (bicyclic) bond motifs is 1. The molecule has 0 spiro atoms. The number of likely N-dealkylation sites (tertiary alicyclic amines) is 1. The summed E-state index contributed by atoms with van der Waals surface area (Å²) in [6.07, 6.45) is 7.89. The molecule has 3 rings (SSSR count). The number of hydrogen-bond donors (Lipinski definition) is 1. The van der Waals surface area contributed by atoms with Gasteiger partial charge in [0.25, 0.3) is 0 Å². The Morgan fingerprint density at radius 3 is 3.11 bits per heavy atom. The van der Waals surface area contributed by atoms with E-state index in [0.717, 1.165) is 6.42 Å². The minimum absolute atomic E-state index is 0.705. The van der Waals surface area contributed by atoms with Gasteiger partial charge in [0.1, 0.15) is 0 Å². The average molecular weight is 240 g/mol. The van der Waals surface area contributed by atoms with Crippen molar-refractivity contribution in [2.45, 2.75) is 25.3 Å². The molecule has 0 unspecified atom stereocenters. The molecule has 1 aliphatic heterocycles. The smallest absolute Gasteiger partial charge is 0.0457 e. The van der Waals surface area contributed by atoms with E-state index >= 15 is 0 Å². The lowest BCUT2D eigenvalue weighted by molar-refractivity contribution is 0.310. The van der Waals surface area contributed by atoms with Crippen LogP contribution < -0.4 is 0 Å².